The smallest absolute Gasteiger partial charge is 0.107 e. The van der Waals surface area contributed by atoms with E-state index in [9.17, 15) is 0 Å². The van der Waals surface area contributed by atoms with Gasteiger partial charge in [0.05, 0.1) is 12.2 Å². The molecule has 0 radical (unpaired) electrons. The molecule has 1 N–H and O–H groups in total. The molecule has 0 fully saturated rings. The van der Waals surface area contributed by atoms with E-state index in [-0.39, 0.29) is 5.54 Å². The number of rotatable bonds is 4. The molecule has 0 aliphatic heterocycles. The summed E-state index contributed by atoms with van der Waals surface area (Å²) in [4.78, 5) is 4.58. The molecule has 4 nitrogen and oxygen atoms in total. The number of hydrogen-bond acceptors (Lipinski definition) is 4. The lowest BCUT2D eigenvalue weighted by Gasteiger charge is -2.19. The fraction of sp³-hybridized carbons (Fsp3) is 0.500. The van der Waals surface area contributed by atoms with Crippen molar-refractivity contribution in [2.24, 2.45) is 0 Å². The third-order valence-corrected chi connectivity index (χ3v) is 3.15. The average molecular weight is 250 g/mol. The van der Waals surface area contributed by atoms with Gasteiger partial charge in [0.25, 0.3) is 0 Å². The monoisotopic (exact) mass is 250 g/mol. The molecule has 0 aromatic carbocycles. The van der Waals surface area contributed by atoms with Crippen molar-refractivity contribution in [2.75, 3.05) is 0 Å². The first-order valence-electron chi connectivity index (χ1n) is 5.69. The van der Waals surface area contributed by atoms with Gasteiger partial charge in [0.2, 0.25) is 0 Å². The van der Waals surface area contributed by atoms with Crippen LogP contribution in [-0.4, -0.2) is 20.3 Å². The normalized spacial score (nSPS) is 11.9. The van der Waals surface area contributed by atoms with Crippen LogP contribution in [0.5, 0.6) is 0 Å². The summed E-state index contributed by atoms with van der Waals surface area (Å²) in [6.07, 6.45) is 3.74. The second kappa shape index (κ2) is 4.98. The van der Waals surface area contributed by atoms with Crippen LogP contribution in [0.3, 0.4) is 0 Å². The molecule has 0 saturated carbocycles. The molecule has 0 saturated heterocycles. The van der Waals surface area contributed by atoms with Gasteiger partial charge in [-0.05, 0) is 26.8 Å². The van der Waals surface area contributed by atoms with E-state index in [2.05, 4.69) is 41.6 Å². The highest BCUT2D eigenvalue weighted by Gasteiger charge is 2.10. The van der Waals surface area contributed by atoms with Crippen LogP contribution in [-0.2, 0) is 13.1 Å². The van der Waals surface area contributed by atoms with Crippen molar-refractivity contribution in [2.45, 2.75) is 39.4 Å². The molecule has 0 aliphatic rings. The summed E-state index contributed by atoms with van der Waals surface area (Å²) in [6, 6.07) is 1.93. The van der Waals surface area contributed by atoms with E-state index in [0.717, 1.165) is 23.8 Å². The molecule has 0 bridgehead atoms. The van der Waals surface area contributed by atoms with Gasteiger partial charge in [0.1, 0.15) is 5.01 Å². The average Bonchev–Trinajstić information content (AvgIpc) is 2.86. The topological polar surface area (TPSA) is 42.7 Å². The summed E-state index contributed by atoms with van der Waals surface area (Å²) in [5.74, 6) is 0. The van der Waals surface area contributed by atoms with E-state index >= 15 is 0 Å². The quantitative estimate of drug-likeness (QED) is 0.905. The molecule has 2 rings (SSSR count). The second-order valence-electron chi connectivity index (χ2n) is 5.04. The van der Waals surface area contributed by atoms with Gasteiger partial charge in [0, 0.05) is 29.9 Å². The van der Waals surface area contributed by atoms with E-state index in [4.69, 9.17) is 0 Å². The predicted molar refractivity (Wildman–Crippen MR) is 70.0 cm³/mol. The van der Waals surface area contributed by atoms with Crippen LogP contribution < -0.4 is 5.32 Å². The van der Waals surface area contributed by atoms with Crippen LogP contribution in [0.4, 0.5) is 0 Å². The predicted octanol–water partition coefficient (Wildman–Crippen LogP) is 2.28. The van der Waals surface area contributed by atoms with Crippen LogP contribution in [0.2, 0.25) is 0 Å². The molecule has 2 aromatic rings. The largest absolute Gasteiger partial charge is 0.306 e. The number of hydrogen-bond donors (Lipinski definition) is 1. The maximum Gasteiger partial charge on any atom is 0.107 e. The number of nitrogens with zero attached hydrogens (tertiary/aromatic N) is 3. The van der Waals surface area contributed by atoms with Crippen LogP contribution in [0, 0.1) is 0 Å². The van der Waals surface area contributed by atoms with Gasteiger partial charge >= 0.3 is 0 Å². The Bertz CT molecular complexity index is 453. The van der Waals surface area contributed by atoms with Crippen molar-refractivity contribution in [3.63, 3.8) is 0 Å². The molecule has 0 spiro atoms. The Balaban J connectivity index is 1.92. The SMILES string of the molecule is CC(C)(C)NCc1nc(Cn2cccn2)cs1. The maximum absolute atomic E-state index is 4.58. The minimum absolute atomic E-state index is 0.133. The van der Waals surface area contributed by atoms with E-state index in [1.165, 1.54) is 0 Å². The van der Waals surface area contributed by atoms with Gasteiger partial charge in [-0.1, -0.05) is 0 Å². The Labute approximate surface area is 106 Å². The lowest BCUT2D eigenvalue weighted by atomic mass is 10.1. The number of aromatic nitrogens is 3. The lowest BCUT2D eigenvalue weighted by molar-refractivity contribution is 0.423. The molecule has 2 heterocycles. The molecular weight excluding hydrogens is 232 g/mol. The Kier molecular flexibility index (Phi) is 3.59. The summed E-state index contributed by atoms with van der Waals surface area (Å²) >= 11 is 1.70. The summed E-state index contributed by atoms with van der Waals surface area (Å²) in [7, 11) is 0. The van der Waals surface area contributed by atoms with Gasteiger partial charge in [0.15, 0.2) is 0 Å². The van der Waals surface area contributed by atoms with Gasteiger partial charge in [-0.3, -0.25) is 4.68 Å². The lowest BCUT2D eigenvalue weighted by Crippen LogP contribution is -2.35. The first-order chi connectivity index (χ1) is 8.03. The van der Waals surface area contributed by atoms with Crippen molar-refractivity contribution >= 4 is 11.3 Å². The molecule has 17 heavy (non-hydrogen) atoms. The van der Waals surface area contributed by atoms with Crippen LogP contribution >= 0.6 is 11.3 Å². The molecule has 0 atom stereocenters. The first kappa shape index (κ1) is 12.3. The highest BCUT2D eigenvalue weighted by atomic mass is 32.1. The minimum Gasteiger partial charge on any atom is -0.306 e. The summed E-state index contributed by atoms with van der Waals surface area (Å²) in [5, 5.41) is 10.8. The van der Waals surface area contributed by atoms with E-state index in [0.29, 0.717) is 0 Å². The van der Waals surface area contributed by atoms with Crippen molar-refractivity contribution in [3.8, 4) is 0 Å². The van der Waals surface area contributed by atoms with Crippen molar-refractivity contribution < 1.29 is 0 Å². The van der Waals surface area contributed by atoms with Crippen molar-refractivity contribution in [1.29, 1.82) is 0 Å². The zero-order valence-corrected chi connectivity index (χ0v) is 11.3. The maximum atomic E-state index is 4.58. The molecule has 0 aliphatic carbocycles. The van der Waals surface area contributed by atoms with Crippen LogP contribution in [0.1, 0.15) is 31.5 Å². The molecular formula is C12H18N4S. The molecule has 0 unspecified atom stereocenters. The van der Waals surface area contributed by atoms with Crippen molar-refractivity contribution in [1.82, 2.24) is 20.1 Å². The zero-order chi connectivity index (χ0) is 12.3. The Morgan fingerprint density at radius 2 is 2.24 bits per heavy atom. The van der Waals surface area contributed by atoms with E-state index in [1.54, 1.807) is 17.5 Å². The Morgan fingerprint density at radius 3 is 2.88 bits per heavy atom. The fourth-order valence-electron chi connectivity index (χ4n) is 1.40. The standard InChI is InChI=1S/C12H18N4S/c1-12(2,3)13-7-11-15-10(9-17-11)8-16-6-4-5-14-16/h4-6,9,13H,7-8H2,1-3H3. The van der Waals surface area contributed by atoms with Gasteiger partial charge in [-0.25, -0.2) is 4.98 Å². The Hall–Kier alpha value is -1.20. The van der Waals surface area contributed by atoms with E-state index < -0.39 is 0 Å². The van der Waals surface area contributed by atoms with E-state index in [1.807, 2.05) is 16.9 Å². The van der Waals surface area contributed by atoms with Crippen molar-refractivity contribution in [3.05, 3.63) is 34.5 Å². The van der Waals surface area contributed by atoms with Gasteiger partial charge < -0.3 is 5.32 Å². The van der Waals surface area contributed by atoms with Gasteiger partial charge in [-0.15, -0.1) is 11.3 Å². The summed E-state index contributed by atoms with van der Waals surface area (Å²) in [6.45, 7) is 8.05. The first-order valence-corrected chi connectivity index (χ1v) is 6.57. The van der Waals surface area contributed by atoms with Crippen LogP contribution in [0.25, 0.3) is 0 Å². The second-order valence-corrected chi connectivity index (χ2v) is 5.98. The molecule has 92 valence electrons. The zero-order valence-electron chi connectivity index (χ0n) is 10.5. The number of thiazole rings is 1. The summed E-state index contributed by atoms with van der Waals surface area (Å²) in [5.41, 5.74) is 1.21. The third kappa shape index (κ3) is 3.94. The summed E-state index contributed by atoms with van der Waals surface area (Å²) < 4.78 is 1.88. The highest BCUT2D eigenvalue weighted by Crippen LogP contribution is 2.12. The highest BCUT2D eigenvalue weighted by molar-refractivity contribution is 7.09. The molecule has 2 aromatic heterocycles. The number of nitrogens with one attached hydrogen (secondary N) is 1. The minimum atomic E-state index is 0.133. The third-order valence-electron chi connectivity index (χ3n) is 2.25. The molecule has 0 amide bonds. The Morgan fingerprint density at radius 1 is 1.41 bits per heavy atom. The molecule has 5 heteroatoms. The van der Waals surface area contributed by atoms with Gasteiger partial charge in [-0.2, -0.15) is 5.10 Å². The fourth-order valence-corrected chi connectivity index (χ4v) is 2.13. The van der Waals surface area contributed by atoms with Crippen LogP contribution in [0.15, 0.2) is 23.8 Å².